The monoisotopic (exact) mass is 336 g/mol. The molecule has 3 rings (SSSR count). The lowest BCUT2D eigenvalue weighted by Crippen LogP contribution is -2.11. The number of hydrogen-bond acceptors (Lipinski definition) is 6. The average Bonchev–Trinajstić information content (AvgIpc) is 2.82. The summed E-state index contributed by atoms with van der Waals surface area (Å²) in [5.41, 5.74) is 0.975. The van der Waals surface area contributed by atoms with Crippen molar-refractivity contribution in [3.05, 3.63) is 31.5 Å². The van der Waals surface area contributed by atoms with Crippen LogP contribution in [0.15, 0.2) is 20.6 Å². The van der Waals surface area contributed by atoms with Gasteiger partial charge in [0.15, 0.2) is 10.9 Å². The van der Waals surface area contributed by atoms with Gasteiger partial charge in [0.1, 0.15) is 10.6 Å². The highest BCUT2D eigenvalue weighted by Gasteiger charge is 2.20. The third kappa shape index (κ3) is 2.70. The Kier molecular flexibility index (Phi) is 4.10. The van der Waals surface area contributed by atoms with E-state index in [2.05, 4.69) is 9.97 Å². The molecule has 2 N–H and O–H groups in total. The molecule has 0 spiro atoms. The molecule has 0 atom stereocenters. The summed E-state index contributed by atoms with van der Waals surface area (Å²) in [6, 6.07) is 0. The molecule has 7 heteroatoms. The molecule has 0 amide bonds. The molecular weight excluding hydrogens is 320 g/mol. The highest BCUT2D eigenvalue weighted by molar-refractivity contribution is 8.03. The predicted octanol–water partition coefficient (Wildman–Crippen LogP) is 3.33. The number of fused-ring (bicyclic) bond motifs is 3. The highest BCUT2D eigenvalue weighted by atomic mass is 32.2. The molecule has 0 saturated carbocycles. The second kappa shape index (κ2) is 5.89. The number of aliphatic hydroxyl groups is 1. The second-order valence-corrected chi connectivity index (χ2v) is 7.42. The minimum Gasteiger partial charge on any atom is -0.511 e. The van der Waals surface area contributed by atoms with Gasteiger partial charge in [0.05, 0.1) is 10.3 Å². The summed E-state index contributed by atoms with van der Waals surface area (Å²) in [5, 5.41) is 10.6. The largest absolute Gasteiger partial charge is 0.511 e. The van der Waals surface area contributed by atoms with Crippen LogP contribution < -0.4 is 5.56 Å². The van der Waals surface area contributed by atoms with E-state index in [-0.39, 0.29) is 22.0 Å². The van der Waals surface area contributed by atoms with Crippen LogP contribution in [-0.2, 0) is 17.6 Å². The maximum Gasteiger partial charge on any atom is 0.260 e. The van der Waals surface area contributed by atoms with E-state index in [9.17, 15) is 14.7 Å². The van der Waals surface area contributed by atoms with E-state index in [0.717, 1.165) is 47.8 Å². The first kappa shape index (κ1) is 15.3. The number of thiophene rings is 1. The van der Waals surface area contributed by atoms with Crippen molar-refractivity contribution in [2.24, 2.45) is 0 Å². The van der Waals surface area contributed by atoms with E-state index < -0.39 is 0 Å². The number of H-pyrrole nitrogens is 1. The molecule has 0 aromatic carbocycles. The van der Waals surface area contributed by atoms with Gasteiger partial charge in [-0.1, -0.05) is 0 Å². The molecule has 22 heavy (non-hydrogen) atoms. The van der Waals surface area contributed by atoms with E-state index in [1.165, 1.54) is 18.7 Å². The lowest BCUT2D eigenvalue weighted by molar-refractivity contribution is -0.113. The third-order valence-electron chi connectivity index (χ3n) is 3.65. The normalized spacial score (nSPS) is 15.5. The number of aromatic nitrogens is 2. The summed E-state index contributed by atoms with van der Waals surface area (Å²) in [7, 11) is 0. The molecule has 0 unspecified atom stereocenters. The number of ketones is 1. The van der Waals surface area contributed by atoms with Crippen molar-refractivity contribution in [2.75, 3.05) is 0 Å². The van der Waals surface area contributed by atoms with Crippen LogP contribution in [0, 0.1) is 0 Å². The van der Waals surface area contributed by atoms with Gasteiger partial charge < -0.3 is 10.1 Å². The van der Waals surface area contributed by atoms with Gasteiger partial charge in [0.2, 0.25) is 0 Å². The van der Waals surface area contributed by atoms with Gasteiger partial charge in [-0.25, -0.2) is 4.98 Å². The molecule has 116 valence electrons. The molecule has 2 aromatic heterocycles. The standard InChI is InChI=1S/C15H16N2O3S2/c1-7(18)12(8(2)19)22-15-16-13(20)11-9-5-3-4-6-10(9)21-14(11)17-15/h18H,3-6H2,1-2H3,(H,16,17,20)/b12-7-. The predicted molar refractivity (Wildman–Crippen MR) is 88.7 cm³/mol. The summed E-state index contributed by atoms with van der Waals surface area (Å²) in [6.07, 6.45) is 4.20. The zero-order valence-electron chi connectivity index (χ0n) is 12.4. The SMILES string of the molecule is CC(=O)/C(Sc1nc2sc3c(c2c(=O)[nH]1)CCCC3)=C(\C)O. The van der Waals surface area contributed by atoms with E-state index in [4.69, 9.17) is 0 Å². The van der Waals surface area contributed by atoms with Gasteiger partial charge in [-0.3, -0.25) is 9.59 Å². The van der Waals surface area contributed by atoms with E-state index in [1.807, 2.05) is 0 Å². The van der Waals surface area contributed by atoms with Crippen LogP contribution in [0.4, 0.5) is 0 Å². The van der Waals surface area contributed by atoms with Crippen LogP contribution in [0.1, 0.15) is 37.1 Å². The first-order chi connectivity index (χ1) is 10.5. The van der Waals surface area contributed by atoms with Crippen LogP contribution in [-0.4, -0.2) is 20.9 Å². The van der Waals surface area contributed by atoms with Gasteiger partial charge >= 0.3 is 0 Å². The molecule has 0 saturated heterocycles. The van der Waals surface area contributed by atoms with E-state index in [1.54, 1.807) is 11.3 Å². The number of rotatable bonds is 3. The maximum absolute atomic E-state index is 12.4. The van der Waals surface area contributed by atoms with Crippen LogP contribution in [0.5, 0.6) is 0 Å². The van der Waals surface area contributed by atoms with Crippen LogP contribution in [0.2, 0.25) is 0 Å². The van der Waals surface area contributed by atoms with Gasteiger partial charge in [-0.2, -0.15) is 0 Å². The molecule has 0 fully saturated rings. The molecule has 0 bridgehead atoms. The summed E-state index contributed by atoms with van der Waals surface area (Å²) in [4.78, 5) is 33.3. The number of carbonyl (C=O) groups is 1. The Labute approximate surface area is 135 Å². The van der Waals surface area contributed by atoms with E-state index in [0.29, 0.717) is 10.5 Å². The fourth-order valence-corrected chi connectivity index (χ4v) is 4.77. The number of nitrogens with one attached hydrogen (secondary N) is 1. The molecule has 1 aliphatic rings. The summed E-state index contributed by atoms with van der Waals surface area (Å²) in [5.74, 6) is -0.316. The number of thioether (sulfide) groups is 1. The van der Waals surface area contributed by atoms with E-state index >= 15 is 0 Å². The topological polar surface area (TPSA) is 83.0 Å². The first-order valence-corrected chi connectivity index (χ1v) is 8.74. The Hall–Kier alpha value is -1.60. The van der Waals surface area contributed by atoms with Crippen molar-refractivity contribution in [2.45, 2.75) is 44.7 Å². The lowest BCUT2D eigenvalue weighted by Gasteiger charge is -2.09. The minimum absolute atomic E-state index is 0.0641. The highest BCUT2D eigenvalue weighted by Crippen LogP contribution is 2.35. The second-order valence-electron chi connectivity index (χ2n) is 5.33. The Balaban J connectivity index is 2.09. The number of hydrogen-bond donors (Lipinski definition) is 2. The molecule has 5 nitrogen and oxygen atoms in total. The zero-order chi connectivity index (χ0) is 15.9. The Morgan fingerprint density at radius 1 is 1.32 bits per heavy atom. The number of carbonyl (C=O) groups excluding carboxylic acids is 1. The maximum atomic E-state index is 12.4. The molecular formula is C15H16N2O3S2. The number of aliphatic hydroxyl groups excluding tert-OH is 1. The molecule has 1 aliphatic carbocycles. The quantitative estimate of drug-likeness (QED) is 0.389. The number of nitrogens with zero attached hydrogens (tertiary/aromatic N) is 1. The molecule has 0 aliphatic heterocycles. The number of allylic oxidation sites excluding steroid dienone is 2. The van der Waals surface area contributed by atoms with Crippen molar-refractivity contribution in [1.29, 1.82) is 0 Å². The molecule has 2 heterocycles. The number of aromatic amines is 1. The van der Waals surface area contributed by atoms with Crippen LogP contribution >= 0.6 is 23.1 Å². The fraction of sp³-hybridized carbons (Fsp3) is 0.400. The Morgan fingerprint density at radius 3 is 2.73 bits per heavy atom. The van der Waals surface area contributed by atoms with Gasteiger partial charge in [0.25, 0.3) is 5.56 Å². The van der Waals surface area contributed by atoms with Crippen molar-refractivity contribution >= 4 is 39.1 Å². The van der Waals surface area contributed by atoms with Crippen LogP contribution in [0.25, 0.3) is 10.2 Å². The smallest absolute Gasteiger partial charge is 0.260 e. The minimum atomic E-state index is -0.252. The van der Waals surface area contributed by atoms with Crippen molar-refractivity contribution in [3.63, 3.8) is 0 Å². The van der Waals surface area contributed by atoms with Gasteiger partial charge in [0, 0.05) is 4.88 Å². The molecule has 2 aromatic rings. The zero-order valence-corrected chi connectivity index (χ0v) is 14.0. The Morgan fingerprint density at radius 2 is 2.05 bits per heavy atom. The fourth-order valence-electron chi connectivity index (χ4n) is 2.69. The Bertz CT molecular complexity index is 844. The average molecular weight is 336 g/mol. The van der Waals surface area contributed by atoms with Gasteiger partial charge in [-0.05, 0) is 56.9 Å². The lowest BCUT2D eigenvalue weighted by atomic mass is 9.97. The van der Waals surface area contributed by atoms with Crippen molar-refractivity contribution < 1.29 is 9.90 Å². The summed E-state index contributed by atoms with van der Waals surface area (Å²) in [6.45, 7) is 2.83. The number of Topliss-reactive ketones (excluding diaryl/α,β-unsaturated/α-hetero) is 1. The van der Waals surface area contributed by atoms with Crippen molar-refractivity contribution in [3.8, 4) is 0 Å². The summed E-state index contributed by atoms with van der Waals surface area (Å²) < 4.78 is 0. The third-order valence-corrected chi connectivity index (χ3v) is 6.01. The van der Waals surface area contributed by atoms with Gasteiger partial charge in [-0.15, -0.1) is 11.3 Å². The van der Waals surface area contributed by atoms with Crippen LogP contribution in [0.3, 0.4) is 0 Å². The number of aryl methyl sites for hydroxylation is 2. The first-order valence-electron chi connectivity index (χ1n) is 7.10. The summed E-state index contributed by atoms with van der Waals surface area (Å²) >= 11 is 2.56. The molecule has 0 radical (unpaired) electrons. The van der Waals surface area contributed by atoms with Crippen molar-refractivity contribution in [1.82, 2.24) is 9.97 Å².